The summed E-state index contributed by atoms with van der Waals surface area (Å²) >= 11 is 6.19. The van der Waals surface area contributed by atoms with Crippen LogP contribution >= 0.6 is 11.6 Å². The van der Waals surface area contributed by atoms with E-state index >= 15 is 0 Å². The second-order valence-electron chi connectivity index (χ2n) is 10.7. The maximum Gasteiger partial charge on any atom is 0.338 e. The molecule has 2 atom stereocenters. The van der Waals surface area contributed by atoms with Gasteiger partial charge in [0, 0.05) is 16.1 Å². The summed E-state index contributed by atoms with van der Waals surface area (Å²) < 4.78 is 35.5. The summed E-state index contributed by atoms with van der Waals surface area (Å²) in [5, 5.41) is 0.345. The minimum Gasteiger partial charge on any atom is -0.493 e. The zero-order valence-corrected chi connectivity index (χ0v) is 27.5. The molecule has 0 fully saturated rings. The van der Waals surface area contributed by atoms with Crippen molar-refractivity contribution in [3.8, 4) is 23.0 Å². The third kappa shape index (κ3) is 9.18. The van der Waals surface area contributed by atoms with Gasteiger partial charge in [-0.1, -0.05) is 72.3 Å². The van der Waals surface area contributed by atoms with Gasteiger partial charge in [-0.05, 0) is 66.2 Å². The summed E-state index contributed by atoms with van der Waals surface area (Å²) in [4.78, 5) is 38.2. The second-order valence-corrected chi connectivity index (χ2v) is 11.1. The average Bonchev–Trinajstić information content (AvgIpc) is 3.15. The number of esters is 2. The molecule has 0 amide bonds. The number of aldehydes is 1. The Morgan fingerprint density at radius 3 is 2.06 bits per heavy atom. The van der Waals surface area contributed by atoms with E-state index in [1.807, 2.05) is 30.3 Å². The second kappa shape index (κ2) is 16.9. The molecule has 0 saturated carbocycles. The summed E-state index contributed by atoms with van der Waals surface area (Å²) in [7, 11) is 2.92. The molecule has 0 spiro atoms. The van der Waals surface area contributed by atoms with Gasteiger partial charge < -0.3 is 28.4 Å². The van der Waals surface area contributed by atoms with E-state index in [1.165, 1.54) is 26.4 Å². The molecule has 0 N–H and O–H groups in total. The molecule has 0 aromatic heterocycles. The van der Waals surface area contributed by atoms with Crippen LogP contribution in [0.3, 0.4) is 0 Å². The highest BCUT2D eigenvalue weighted by Crippen LogP contribution is 2.37. The Bertz CT molecular complexity index is 1880. The highest BCUT2D eigenvalue weighted by molar-refractivity contribution is 6.30. The van der Waals surface area contributed by atoms with E-state index in [4.69, 9.17) is 40.0 Å². The molecule has 5 aromatic rings. The van der Waals surface area contributed by atoms with Gasteiger partial charge in [-0.25, -0.2) is 9.59 Å². The largest absolute Gasteiger partial charge is 0.493 e. The van der Waals surface area contributed by atoms with Gasteiger partial charge in [0.05, 0.1) is 25.3 Å². The number of methoxy groups -OCH3 is 2. The van der Waals surface area contributed by atoms with Crippen molar-refractivity contribution in [2.75, 3.05) is 20.8 Å². The number of halogens is 1. The van der Waals surface area contributed by atoms with E-state index in [0.29, 0.717) is 46.1 Å². The predicted octanol–water partition coefficient (Wildman–Crippen LogP) is 7.95. The van der Waals surface area contributed by atoms with E-state index in [9.17, 15) is 14.4 Å². The zero-order chi connectivity index (χ0) is 34.6. The molecule has 0 aliphatic rings. The number of carbonyl (C=O) groups is 3. The van der Waals surface area contributed by atoms with Gasteiger partial charge in [-0.15, -0.1) is 0 Å². The lowest BCUT2D eigenvalue weighted by atomic mass is 10.0. The van der Waals surface area contributed by atoms with Gasteiger partial charge in [0.25, 0.3) is 0 Å². The maximum atomic E-state index is 13.6. The number of benzene rings is 5. The maximum absolute atomic E-state index is 13.6. The van der Waals surface area contributed by atoms with E-state index in [2.05, 4.69) is 0 Å². The van der Waals surface area contributed by atoms with Crippen molar-refractivity contribution in [2.45, 2.75) is 18.8 Å². The molecule has 0 radical (unpaired) electrons. The van der Waals surface area contributed by atoms with E-state index in [-0.39, 0.29) is 23.7 Å². The highest BCUT2D eigenvalue weighted by Gasteiger charge is 2.33. The fourth-order valence-electron chi connectivity index (χ4n) is 4.89. The first-order valence-electron chi connectivity index (χ1n) is 15.2. The Balaban J connectivity index is 1.54. The van der Waals surface area contributed by atoms with Crippen LogP contribution in [0.5, 0.6) is 23.0 Å². The molecule has 0 aliphatic heterocycles. The molecule has 0 saturated heterocycles. The van der Waals surface area contributed by atoms with Gasteiger partial charge in [0.2, 0.25) is 0 Å². The molecule has 5 rings (SSSR count). The van der Waals surface area contributed by atoms with Crippen LogP contribution in [0.1, 0.15) is 48.3 Å². The highest BCUT2D eigenvalue weighted by atomic mass is 35.5. The van der Waals surface area contributed by atoms with Crippen molar-refractivity contribution in [2.24, 2.45) is 0 Å². The molecule has 5 aromatic carbocycles. The molecule has 250 valence electrons. The Morgan fingerprint density at radius 1 is 0.694 bits per heavy atom. The zero-order valence-electron chi connectivity index (χ0n) is 26.7. The molecule has 49 heavy (non-hydrogen) atoms. The summed E-state index contributed by atoms with van der Waals surface area (Å²) in [6.07, 6.45) is -1.63. The van der Waals surface area contributed by atoms with Crippen LogP contribution in [0, 0.1) is 0 Å². The molecule has 0 bridgehead atoms. The molecule has 9 nitrogen and oxygen atoms in total. The normalized spacial score (nSPS) is 11.8. The minimum atomic E-state index is -1.18. The summed E-state index contributed by atoms with van der Waals surface area (Å²) in [5.74, 6) is -0.0420. The molecule has 10 heteroatoms. The Morgan fingerprint density at radius 2 is 1.37 bits per heavy atom. The molecule has 0 heterocycles. The van der Waals surface area contributed by atoms with Crippen molar-refractivity contribution >= 4 is 29.8 Å². The first kappa shape index (κ1) is 34.5. The van der Waals surface area contributed by atoms with Crippen molar-refractivity contribution in [1.29, 1.82) is 0 Å². The monoisotopic (exact) mass is 680 g/mol. The van der Waals surface area contributed by atoms with Crippen molar-refractivity contribution < 1.29 is 42.8 Å². The van der Waals surface area contributed by atoms with Crippen LogP contribution in [0.4, 0.5) is 0 Å². The van der Waals surface area contributed by atoms with Crippen LogP contribution in [0.15, 0.2) is 121 Å². The molecular weight excluding hydrogens is 648 g/mol. The van der Waals surface area contributed by atoms with Crippen LogP contribution in [0.2, 0.25) is 5.02 Å². The average molecular weight is 681 g/mol. The number of hydrogen-bond donors (Lipinski definition) is 0. The Labute approximate surface area is 288 Å². The van der Waals surface area contributed by atoms with Gasteiger partial charge in [0.1, 0.15) is 19.5 Å². The topological polar surface area (TPSA) is 107 Å². The van der Waals surface area contributed by atoms with Crippen molar-refractivity contribution in [3.05, 3.63) is 154 Å². The number of hydrogen-bond acceptors (Lipinski definition) is 9. The number of ether oxygens (including phenoxy) is 6. The number of rotatable bonds is 15. The lowest BCUT2D eigenvalue weighted by molar-refractivity contribution is -0.0357. The summed E-state index contributed by atoms with van der Waals surface area (Å²) in [5.41, 5.74) is 2.29. The fourth-order valence-corrected chi connectivity index (χ4v) is 5.08. The molecular formula is C39H33ClO9. The van der Waals surface area contributed by atoms with Crippen molar-refractivity contribution in [3.63, 3.8) is 0 Å². The third-order valence-electron chi connectivity index (χ3n) is 7.38. The van der Waals surface area contributed by atoms with Gasteiger partial charge >= 0.3 is 11.9 Å². The van der Waals surface area contributed by atoms with E-state index in [0.717, 1.165) is 5.56 Å². The van der Waals surface area contributed by atoms with Crippen LogP contribution in [-0.2, 0) is 16.1 Å². The SMILES string of the molecule is COc1cc([C@@H](OC(=O)c2cccc(Cl)c2)[C@H](COC(=O)c2ccccc2)Oc2ccc(C=O)cc2OC)ccc1OCc1ccccc1. The predicted molar refractivity (Wildman–Crippen MR) is 183 cm³/mol. The fraction of sp³-hybridized carbons (Fsp3) is 0.154. The van der Waals surface area contributed by atoms with E-state index in [1.54, 1.807) is 78.9 Å². The Hall–Kier alpha value is -5.80. The Kier molecular flexibility index (Phi) is 11.9. The number of carbonyl (C=O) groups excluding carboxylic acids is 3. The van der Waals surface area contributed by atoms with Crippen molar-refractivity contribution in [1.82, 2.24) is 0 Å². The van der Waals surface area contributed by atoms with Crippen LogP contribution < -0.4 is 18.9 Å². The summed E-state index contributed by atoms with van der Waals surface area (Å²) in [6.45, 7) is -0.0597. The van der Waals surface area contributed by atoms with Gasteiger partial charge in [0.15, 0.2) is 35.2 Å². The standard InChI is InChI=1S/C39H33ClO9/c1-44-34-20-27(23-41)16-18-33(34)48-36(25-47-38(42)28-12-7-4-8-13-28)37(49-39(43)30-14-9-15-31(40)21-30)29-17-19-32(35(22-29)45-2)46-24-26-10-5-3-6-11-26/h3-23,36-37H,24-25H2,1-2H3/t36-,37+/m0/s1. The third-order valence-corrected chi connectivity index (χ3v) is 7.61. The van der Waals surface area contributed by atoms with Crippen LogP contribution in [0.25, 0.3) is 0 Å². The van der Waals surface area contributed by atoms with Crippen LogP contribution in [-0.4, -0.2) is 45.2 Å². The quantitative estimate of drug-likeness (QED) is 0.0804. The van der Waals surface area contributed by atoms with Gasteiger partial charge in [-0.2, -0.15) is 0 Å². The minimum absolute atomic E-state index is 0.195. The first-order valence-corrected chi connectivity index (χ1v) is 15.6. The lowest BCUT2D eigenvalue weighted by Gasteiger charge is -2.29. The lowest BCUT2D eigenvalue weighted by Crippen LogP contribution is -2.34. The molecule has 0 aliphatic carbocycles. The first-order chi connectivity index (χ1) is 23.9. The smallest absolute Gasteiger partial charge is 0.338 e. The summed E-state index contributed by atoms with van der Waals surface area (Å²) in [6, 6.07) is 34.1. The molecule has 0 unspecified atom stereocenters. The van der Waals surface area contributed by atoms with Gasteiger partial charge in [-0.3, -0.25) is 4.79 Å². The van der Waals surface area contributed by atoms with E-state index < -0.39 is 24.1 Å².